The second-order valence-electron chi connectivity index (χ2n) is 6.42. The lowest BCUT2D eigenvalue weighted by Crippen LogP contribution is -2.53. The summed E-state index contributed by atoms with van der Waals surface area (Å²) < 4.78 is 5.18. The molecule has 1 saturated heterocycles. The van der Waals surface area contributed by atoms with Gasteiger partial charge >= 0.3 is 5.97 Å². The Morgan fingerprint density at radius 1 is 1.28 bits per heavy atom. The summed E-state index contributed by atoms with van der Waals surface area (Å²) in [5.41, 5.74) is 0.333. The van der Waals surface area contributed by atoms with Crippen molar-refractivity contribution >= 4 is 17.8 Å². The number of carboxylic acid groups (broad SMARTS) is 1. The summed E-state index contributed by atoms with van der Waals surface area (Å²) in [5.74, 6) is -1.55. The van der Waals surface area contributed by atoms with Crippen LogP contribution in [0, 0.1) is 5.92 Å². The van der Waals surface area contributed by atoms with Crippen LogP contribution in [0.1, 0.15) is 37.0 Å². The van der Waals surface area contributed by atoms with Crippen LogP contribution in [0.15, 0.2) is 24.3 Å². The van der Waals surface area contributed by atoms with Crippen molar-refractivity contribution in [1.29, 1.82) is 0 Å². The fraction of sp³-hybridized carbons (Fsp3) is 0.500. The SMILES string of the molecule is COc1ccccc1C(=O)NC(C(=O)N1CCC[C@H]1C(=O)O)C(C)C. The Hall–Kier alpha value is -2.57. The molecule has 1 fully saturated rings. The van der Waals surface area contributed by atoms with E-state index in [1.54, 1.807) is 24.3 Å². The van der Waals surface area contributed by atoms with E-state index in [0.29, 0.717) is 30.7 Å². The number of para-hydroxylation sites is 1. The summed E-state index contributed by atoms with van der Waals surface area (Å²) in [7, 11) is 1.47. The van der Waals surface area contributed by atoms with Gasteiger partial charge in [0.2, 0.25) is 5.91 Å². The zero-order valence-electron chi connectivity index (χ0n) is 14.7. The van der Waals surface area contributed by atoms with E-state index in [1.165, 1.54) is 12.0 Å². The normalized spacial score (nSPS) is 18.1. The molecule has 2 atom stereocenters. The summed E-state index contributed by atoms with van der Waals surface area (Å²) in [6.07, 6.45) is 1.08. The number of rotatable bonds is 6. The molecule has 136 valence electrons. The first kappa shape index (κ1) is 18.8. The highest BCUT2D eigenvalue weighted by Gasteiger charge is 2.38. The summed E-state index contributed by atoms with van der Waals surface area (Å²) >= 11 is 0. The average molecular weight is 348 g/mol. The number of hydrogen-bond acceptors (Lipinski definition) is 4. The summed E-state index contributed by atoms with van der Waals surface area (Å²) in [4.78, 5) is 38.1. The molecule has 1 aromatic carbocycles. The van der Waals surface area contributed by atoms with Gasteiger partial charge in [0.15, 0.2) is 0 Å². The van der Waals surface area contributed by atoms with Gasteiger partial charge in [-0.05, 0) is 30.9 Å². The number of nitrogens with one attached hydrogen (secondary N) is 1. The number of methoxy groups -OCH3 is 1. The molecule has 7 heteroatoms. The topological polar surface area (TPSA) is 95.9 Å². The third kappa shape index (κ3) is 4.10. The Morgan fingerprint density at radius 2 is 1.96 bits per heavy atom. The first-order chi connectivity index (χ1) is 11.9. The molecule has 1 aromatic rings. The highest BCUT2D eigenvalue weighted by Crippen LogP contribution is 2.22. The van der Waals surface area contributed by atoms with Crippen LogP contribution in [0.2, 0.25) is 0 Å². The number of nitrogens with zero attached hydrogens (tertiary/aromatic N) is 1. The molecule has 0 spiro atoms. The van der Waals surface area contributed by atoms with Gasteiger partial charge in [-0.3, -0.25) is 9.59 Å². The Balaban J connectivity index is 2.19. The van der Waals surface area contributed by atoms with Gasteiger partial charge in [0, 0.05) is 6.54 Å². The zero-order chi connectivity index (χ0) is 18.6. The van der Waals surface area contributed by atoms with Gasteiger partial charge in [-0.25, -0.2) is 4.79 Å². The van der Waals surface area contributed by atoms with E-state index in [0.717, 1.165) is 0 Å². The van der Waals surface area contributed by atoms with E-state index < -0.39 is 24.0 Å². The molecule has 7 nitrogen and oxygen atoms in total. The van der Waals surface area contributed by atoms with Crippen molar-refractivity contribution in [1.82, 2.24) is 10.2 Å². The smallest absolute Gasteiger partial charge is 0.326 e. The van der Waals surface area contributed by atoms with Crippen LogP contribution in [0.4, 0.5) is 0 Å². The quantitative estimate of drug-likeness (QED) is 0.813. The number of carbonyl (C=O) groups excluding carboxylic acids is 2. The number of amides is 2. The minimum Gasteiger partial charge on any atom is -0.496 e. The molecule has 2 N–H and O–H groups in total. The molecule has 1 heterocycles. The summed E-state index contributed by atoms with van der Waals surface area (Å²) in [5, 5.41) is 12.0. The molecule has 2 amide bonds. The van der Waals surface area contributed by atoms with Crippen LogP contribution >= 0.6 is 0 Å². The Bertz CT molecular complexity index is 659. The van der Waals surface area contributed by atoms with Gasteiger partial charge in [0.05, 0.1) is 12.7 Å². The molecule has 1 aliphatic heterocycles. The van der Waals surface area contributed by atoms with Crippen LogP contribution in [-0.2, 0) is 9.59 Å². The fourth-order valence-corrected chi connectivity index (χ4v) is 3.03. The van der Waals surface area contributed by atoms with Gasteiger partial charge in [-0.2, -0.15) is 0 Å². The maximum atomic E-state index is 12.8. The fourth-order valence-electron chi connectivity index (χ4n) is 3.03. The first-order valence-corrected chi connectivity index (χ1v) is 8.34. The van der Waals surface area contributed by atoms with Crippen LogP contribution in [0.25, 0.3) is 0 Å². The Labute approximate surface area is 147 Å². The number of carboxylic acids is 1. The Morgan fingerprint density at radius 3 is 2.56 bits per heavy atom. The number of aliphatic carboxylic acids is 1. The minimum atomic E-state index is -1.01. The van der Waals surface area contributed by atoms with E-state index in [-0.39, 0.29) is 11.8 Å². The molecule has 25 heavy (non-hydrogen) atoms. The second-order valence-corrected chi connectivity index (χ2v) is 6.42. The van der Waals surface area contributed by atoms with Gasteiger partial charge in [0.25, 0.3) is 5.91 Å². The number of hydrogen-bond donors (Lipinski definition) is 2. The molecule has 0 aromatic heterocycles. The summed E-state index contributed by atoms with van der Waals surface area (Å²) in [6, 6.07) is 5.13. The predicted molar refractivity (Wildman–Crippen MR) is 91.5 cm³/mol. The van der Waals surface area contributed by atoms with Gasteiger partial charge < -0.3 is 20.1 Å². The molecule has 0 bridgehead atoms. The van der Waals surface area contributed by atoms with Crippen LogP contribution in [0.5, 0.6) is 5.75 Å². The largest absolute Gasteiger partial charge is 0.496 e. The Kier molecular flexibility index (Phi) is 6.01. The van der Waals surface area contributed by atoms with Crippen molar-refractivity contribution in [2.45, 2.75) is 38.8 Å². The van der Waals surface area contributed by atoms with Gasteiger partial charge in [-0.1, -0.05) is 26.0 Å². The highest BCUT2D eigenvalue weighted by atomic mass is 16.5. The minimum absolute atomic E-state index is 0.179. The van der Waals surface area contributed by atoms with E-state index >= 15 is 0 Å². The molecule has 1 aliphatic rings. The van der Waals surface area contributed by atoms with Crippen molar-refractivity contribution < 1.29 is 24.2 Å². The molecular weight excluding hydrogens is 324 g/mol. The first-order valence-electron chi connectivity index (χ1n) is 8.34. The molecule has 0 aliphatic carbocycles. The van der Waals surface area contributed by atoms with Crippen molar-refractivity contribution in [2.24, 2.45) is 5.92 Å². The van der Waals surface area contributed by atoms with Gasteiger partial charge in [-0.15, -0.1) is 0 Å². The number of ether oxygens (including phenoxy) is 1. The van der Waals surface area contributed by atoms with Gasteiger partial charge in [0.1, 0.15) is 17.8 Å². The molecule has 0 radical (unpaired) electrons. The maximum Gasteiger partial charge on any atom is 0.326 e. The van der Waals surface area contributed by atoms with Crippen LogP contribution in [0.3, 0.4) is 0 Å². The van der Waals surface area contributed by atoms with E-state index in [2.05, 4.69) is 5.32 Å². The third-order valence-corrected chi connectivity index (χ3v) is 4.39. The average Bonchev–Trinajstić information content (AvgIpc) is 3.08. The number of likely N-dealkylation sites (tertiary alicyclic amines) is 1. The summed E-state index contributed by atoms with van der Waals surface area (Å²) in [6.45, 7) is 4.03. The molecule has 1 unspecified atom stereocenters. The van der Waals surface area contributed by atoms with Crippen LogP contribution in [-0.4, -0.2) is 53.5 Å². The van der Waals surface area contributed by atoms with Crippen molar-refractivity contribution in [3.8, 4) is 5.75 Å². The standard InChI is InChI=1S/C18H24N2O5/c1-11(2)15(17(22)20-10-6-8-13(20)18(23)24)19-16(21)12-7-4-5-9-14(12)25-3/h4-5,7,9,11,13,15H,6,8,10H2,1-3H3,(H,19,21)(H,23,24)/t13-,15?/m0/s1. The second kappa shape index (κ2) is 8.00. The monoisotopic (exact) mass is 348 g/mol. The maximum absolute atomic E-state index is 12.8. The highest BCUT2D eigenvalue weighted by molar-refractivity contribution is 6.00. The lowest BCUT2D eigenvalue weighted by Gasteiger charge is -2.29. The van der Waals surface area contributed by atoms with E-state index in [1.807, 2.05) is 13.8 Å². The van der Waals surface area contributed by atoms with Crippen molar-refractivity contribution in [3.05, 3.63) is 29.8 Å². The lowest BCUT2D eigenvalue weighted by molar-refractivity contribution is -0.149. The predicted octanol–water partition coefficient (Wildman–Crippen LogP) is 1.53. The van der Waals surface area contributed by atoms with E-state index in [4.69, 9.17) is 4.74 Å². The molecule has 2 rings (SSSR count). The van der Waals surface area contributed by atoms with Crippen LogP contribution < -0.4 is 10.1 Å². The third-order valence-electron chi connectivity index (χ3n) is 4.39. The molecule has 0 saturated carbocycles. The number of carbonyl (C=O) groups is 3. The van der Waals surface area contributed by atoms with Crippen molar-refractivity contribution in [3.63, 3.8) is 0 Å². The molecular formula is C18H24N2O5. The van der Waals surface area contributed by atoms with E-state index in [9.17, 15) is 19.5 Å². The zero-order valence-corrected chi connectivity index (χ0v) is 14.7. The van der Waals surface area contributed by atoms with Crippen molar-refractivity contribution in [2.75, 3.05) is 13.7 Å². The lowest BCUT2D eigenvalue weighted by atomic mass is 10.0. The number of benzene rings is 1.